The number of hydrogen-bond donors (Lipinski definition) is 3. The fraction of sp³-hybridized carbons (Fsp3) is 0.556. The normalized spacial score (nSPS) is 17.9. The van der Waals surface area contributed by atoms with Crippen molar-refractivity contribution >= 4 is 34.4 Å². The second kappa shape index (κ2) is 11.6. The number of nitrogens with two attached hydrogens (primary N) is 1. The molecule has 9 nitrogen and oxygen atoms in total. The Balaban J connectivity index is 1.65. The minimum Gasteiger partial charge on any atom is -0.497 e. The number of nitrogens with zero attached hydrogens (tertiary/aromatic N) is 1. The van der Waals surface area contributed by atoms with Gasteiger partial charge in [-0.2, -0.15) is 0 Å². The van der Waals surface area contributed by atoms with Gasteiger partial charge in [-0.15, -0.1) is 0 Å². The monoisotopic (exact) mass is 496 g/mol. The minimum absolute atomic E-state index is 0.0437. The van der Waals surface area contributed by atoms with Crippen molar-refractivity contribution in [2.75, 3.05) is 13.7 Å². The molecular weight excluding hydrogens is 460 g/mol. The molecule has 0 aliphatic heterocycles. The van der Waals surface area contributed by atoms with Crippen LogP contribution in [0.2, 0.25) is 0 Å². The number of methoxy groups -OCH3 is 1. The first-order chi connectivity index (χ1) is 17.4. The molecule has 2 aliphatic rings. The molecule has 2 saturated carbocycles. The number of aromatic nitrogens is 1. The number of Topliss-reactive ketones (excluding diaryl/α,β-unsaturated/α-hetero) is 1. The van der Waals surface area contributed by atoms with E-state index >= 15 is 0 Å². The largest absolute Gasteiger partial charge is 0.497 e. The number of fused-ring (bicyclic) bond motifs is 1. The highest BCUT2D eigenvalue weighted by Gasteiger charge is 2.41. The Morgan fingerprint density at radius 2 is 1.72 bits per heavy atom. The Hall–Kier alpha value is -3.36. The van der Waals surface area contributed by atoms with Crippen molar-refractivity contribution in [3.63, 3.8) is 0 Å². The molecule has 2 aromatic rings. The van der Waals surface area contributed by atoms with Gasteiger partial charge in [-0.05, 0) is 43.7 Å². The lowest BCUT2D eigenvalue weighted by atomic mass is 9.82. The molecule has 0 spiro atoms. The van der Waals surface area contributed by atoms with Gasteiger partial charge in [0, 0.05) is 29.2 Å². The van der Waals surface area contributed by atoms with Gasteiger partial charge in [0.2, 0.25) is 11.8 Å². The molecular formula is C27H36N4O5. The number of carbonyl (C=O) groups is 4. The minimum atomic E-state index is -0.915. The number of aromatic amines is 1. The maximum absolute atomic E-state index is 13.7. The molecule has 194 valence electrons. The van der Waals surface area contributed by atoms with E-state index in [1.807, 2.05) is 0 Å². The number of benzene rings is 1. The number of carbonyl (C=O) groups excluding carboxylic acids is 4. The number of ketones is 1. The number of nitrogens with one attached hydrogen (secondary N) is 2. The highest BCUT2D eigenvalue weighted by atomic mass is 16.5. The molecule has 0 bridgehead atoms. The highest BCUT2D eigenvalue weighted by molar-refractivity contribution is 6.45. The van der Waals surface area contributed by atoms with Crippen molar-refractivity contribution in [1.29, 1.82) is 0 Å². The van der Waals surface area contributed by atoms with Gasteiger partial charge in [-0.3, -0.25) is 19.2 Å². The number of amides is 3. The third kappa shape index (κ3) is 5.71. The third-order valence-corrected chi connectivity index (χ3v) is 7.57. The molecule has 0 saturated heterocycles. The van der Waals surface area contributed by atoms with Crippen molar-refractivity contribution in [3.05, 3.63) is 30.0 Å². The summed E-state index contributed by atoms with van der Waals surface area (Å²) < 4.78 is 5.23. The molecule has 3 amide bonds. The molecule has 36 heavy (non-hydrogen) atoms. The molecule has 9 heteroatoms. The smallest absolute Gasteiger partial charge is 0.296 e. The molecule has 1 aromatic heterocycles. The summed E-state index contributed by atoms with van der Waals surface area (Å²) in [4.78, 5) is 57.0. The molecule has 0 radical (unpaired) electrons. The standard InChI is InChI=1S/C27H36N4O5/c1-36-19-12-13-20-21(15-29-22(20)14-19)25(33)27(35)31(16-23(28)32)24(17-8-4-2-5-9-17)26(34)30-18-10-6-3-7-11-18/h12-15,17-18,24,29H,2-11,16H2,1H3,(H2,28,32)(H,30,34)/t24-/m1/s1. The number of hydrogen-bond acceptors (Lipinski definition) is 5. The third-order valence-electron chi connectivity index (χ3n) is 7.57. The van der Waals surface area contributed by atoms with Crippen molar-refractivity contribution in [2.24, 2.45) is 11.7 Å². The van der Waals surface area contributed by atoms with Crippen LogP contribution in [0.25, 0.3) is 10.9 Å². The average Bonchev–Trinajstić information content (AvgIpc) is 3.31. The average molecular weight is 497 g/mol. The van der Waals surface area contributed by atoms with Gasteiger partial charge in [0.05, 0.1) is 12.7 Å². The summed E-state index contributed by atoms with van der Waals surface area (Å²) in [5.41, 5.74) is 6.36. The lowest BCUT2D eigenvalue weighted by Gasteiger charge is -2.38. The van der Waals surface area contributed by atoms with Crippen molar-refractivity contribution in [3.8, 4) is 5.75 Å². The van der Waals surface area contributed by atoms with E-state index < -0.39 is 30.2 Å². The van der Waals surface area contributed by atoms with Crippen LogP contribution in [0.5, 0.6) is 5.75 Å². The van der Waals surface area contributed by atoms with Crippen LogP contribution < -0.4 is 15.8 Å². The molecule has 0 unspecified atom stereocenters. The van der Waals surface area contributed by atoms with Crippen LogP contribution in [0.15, 0.2) is 24.4 Å². The molecule has 2 aliphatic carbocycles. The van der Waals surface area contributed by atoms with Crippen LogP contribution in [-0.2, 0) is 14.4 Å². The van der Waals surface area contributed by atoms with E-state index in [-0.39, 0.29) is 23.4 Å². The van der Waals surface area contributed by atoms with Gasteiger partial charge in [0.15, 0.2) is 0 Å². The Bertz CT molecular complexity index is 1110. The quantitative estimate of drug-likeness (QED) is 0.362. The second-order valence-corrected chi connectivity index (χ2v) is 10.0. The van der Waals surface area contributed by atoms with Crippen LogP contribution in [0, 0.1) is 5.92 Å². The highest BCUT2D eigenvalue weighted by Crippen LogP contribution is 2.31. The van der Waals surface area contributed by atoms with Crippen molar-refractivity contribution in [2.45, 2.75) is 76.3 Å². The topological polar surface area (TPSA) is 135 Å². The van der Waals surface area contributed by atoms with Gasteiger partial charge in [-0.1, -0.05) is 38.5 Å². The summed E-state index contributed by atoms with van der Waals surface area (Å²) in [7, 11) is 1.55. The zero-order chi connectivity index (χ0) is 25.7. The molecule has 1 aromatic carbocycles. The summed E-state index contributed by atoms with van der Waals surface area (Å²) in [6.45, 7) is -0.486. The van der Waals surface area contributed by atoms with Crippen LogP contribution in [-0.4, -0.2) is 59.1 Å². The zero-order valence-electron chi connectivity index (χ0n) is 20.9. The molecule has 1 atom stereocenters. The van der Waals surface area contributed by atoms with Crippen molar-refractivity contribution in [1.82, 2.24) is 15.2 Å². The van der Waals surface area contributed by atoms with Gasteiger partial charge >= 0.3 is 0 Å². The van der Waals surface area contributed by atoms with Gasteiger partial charge in [0.25, 0.3) is 11.7 Å². The van der Waals surface area contributed by atoms with E-state index in [9.17, 15) is 19.2 Å². The van der Waals surface area contributed by atoms with Crippen LogP contribution in [0.3, 0.4) is 0 Å². The number of primary amides is 1. The van der Waals surface area contributed by atoms with Crippen molar-refractivity contribution < 1.29 is 23.9 Å². The first-order valence-corrected chi connectivity index (χ1v) is 13.0. The lowest BCUT2D eigenvalue weighted by Crippen LogP contribution is -2.58. The van der Waals surface area contributed by atoms with E-state index in [0.29, 0.717) is 16.7 Å². The summed E-state index contributed by atoms with van der Waals surface area (Å²) in [6, 6.07) is 4.28. The second-order valence-electron chi connectivity index (χ2n) is 10.0. The van der Waals surface area contributed by atoms with E-state index in [1.54, 1.807) is 25.3 Å². The van der Waals surface area contributed by atoms with Crippen LogP contribution in [0.1, 0.15) is 74.6 Å². The van der Waals surface area contributed by atoms with Gasteiger partial charge < -0.3 is 25.7 Å². The number of rotatable bonds is 9. The SMILES string of the molecule is COc1ccc2c(C(=O)C(=O)N(CC(N)=O)[C@@H](C(=O)NC3CCCCC3)C3CCCCC3)c[nH]c2c1. The van der Waals surface area contributed by atoms with Gasteiger partial charge in [0.1, 0.15) is 18.3 Å². The summed E-state index contributed by atoms with van der Waals surface area (Å²) >= 11 is 0. The Morgan fingerprint density at radius 3 is 2.36 bits per heavy atom. The Kier molecular flexibility index (Phi) is 8.28. The van der Waals surface area contributed by atoms with E-state index in [1.165, 1.54) is 6.20 Å². The zero-order valence-corrected chi connectivity index (χ0v) is 20.9. The predicted molar refractivity (Wildman–Crippen MR) is 135 cm³/mol. The molecule has 4 rings (SSSR count). The number of ether oxygens (including phenoxy) is 1. The first kappa shape index (κ1) is 25.7. The first-order valence-electron chi connectivity index (χ1n) is 13.0. The Labute approximate surface area is 211 Å². The predicted octanol–water partition coefficient (Wildman–Crippen LogP) is 3.07. The van der Waals surface area contributed by atoms with E-state index in [2.05, 4.69) is 10.3 Å². The molecule has 2 fully saturated rings. The summed E-state index contributed by atoms with van der Waals surface area (Å²) in [5.74, 6) is -2.24. The molecule has 1 heterocycles. The van der Waals surface area contributed by atoms with Gasteiger partial charge in [-0.25, -0.2) is 0 Å². The maximum atomic E-state index is 13.7. The fourth-order valence-electron chi connectivity index (χ4n) is 5.72. The molecule has 4 N–H and O–H groups in total. The summed E-state index contributed by atoms with van der Waals surface area (Å²) in [6.07, 6.45) is 11.0. The fourth-order valence-corrected chi connectivity index (χ4v) is 5.72. The van der Waals surface area contributed by atoms with E-state index in [0.717, 1.165) is 69.1 Å². The summed E-state index contributed by atoms with van der Waals surface area (Å²) in [5, 5.41) is 3.69. The number of H-pyrrole nitrogens is 1. The maximum Gasteiger partial charge on any atom is 0.296 e. The Morgan fingerprint density at radius 1 is 1.06 bits per heavy atom. The lowest BCUT2D eigenvalue weighted by molar-refractivity contribution is -0.142. The van der Waals surface area contributed by atoms with Crippen LogP contribution in [0.4, 0.5) is 0 Å². The van der Waals surface area contributed by atoms with Crippen LogP contribution >= 0.6 is 0 Å². The van der Waals surface area contributed by atoms with E-state index in [4.69, 9.17) is 10.5 Å².